The number of ether oxygens (including phenoxy) is 1. The van der Waals surface area contributed by atoms with Gasteiger partial charge in [0.05, 0.1) is 17.8 Å². The zero-order chi connectivity index (χ0) is 24.4. The van der Waals surface area contributed by atoms with Gasteiger partial charge in [-0.05, 0) is 36.4 Å². The lowest BCUT2D eigenvalue weighted by molar-refractivity contribution is 0.179. The number of nitrogens with zero attached hydrogens (tertiary/aromatic N) is 4. The Hall–Kier alpha value is -3.18. The van der Waals surface area contributed by atoms with Crippen molar-refractivity contribution in [2.75, 3.05) is 26.8 Å². The number of thiazole rings is 1. The topological polar surface area (TPSA) is 76.8 Å². The number of hydrogen-bond donors (Lipinski definition) is 0. The number of para-hydroxylation sites is 1. The number of aromatic nitrogens is 3. The molecule has 0 amide bonds. The van der Waals surface area contributed by atoms with E-state index in [-0.39, 0.29) is 30.4 Å². The van der Waals surface area contributed by atoms with Crippen LogP contribution in [0.25, 0.3) is 27.1 Å². The maximum absolute atomic E-state index is 13.7. The SMILES string of the molecule is COCCN(CCc1csc2nc(-c3ccc(F)cc3)cn12)S(=O)(=O)c1cccc2cccnc12. The van der Waals surface area contributed by atoms with Crippen LogP contribution in [0.2, 0.25) is 0 Å². The van der Waals surface area contributed by atoms with Crippen molar-refractivity contribution in [3.63, 3.8) is 0 Å². The van der Waals surface area contributed by atoms with Gasteiger partial charge in [-0.15, -0.1) is 11.3 Å². The Kier molecular flexibility index (Phi) is 6.61. The van der Waals surface area contributed by atoms with Crippen molar-refractivity contribution in [2.24, 2.45) is 0 Å². The van der Waals surface area contributed by atoms with Crippen LogP contribution >= 0.6 is 11.3 Å². The van der Waals surface area contributed by atoms with Gasteiger partial charge in [0.2, 0.25) is 10.0 Å². The number of hydrogen-bond acceptors (Lipinski definition) is 6. The lowest BCUT2D eigenvalue weighted by atomic mass is 10.2. The van der Waals surface area contributed by atoms with Crippen molar-refractivity contribution < 1.29 is 17.5 Å². The molecule has 3 heterocycles. The number of imidazole rings is 1. The number of benzene rings is 2. The molecule has 0 N–H and O–H groups in total. The van der Waals surface area contributed by atoms with Crippen LogP contribution in [0.5, 0.6) is 0 Å². The number of pyridine rings is 1. The number of rotatable bonds is 9. The first-order valence-electron chi connectivity index (χ1n) is 11.0. The molecule has 0 radical (unpaired) electrons. The molecule has 0 fully saturated rings. The summed E-state index contributed by atoms with van der Waals surface area (Å²) >= 11 is 1.48. The van der Waals surface area contributed by atoms with Crippen LogP contribution in [-0.2, 0) is 21.2 Å². The molecule has 2 aromatic carbocycles. The highest BCUT2D eigenvalue weighted by Crippen LogP contribution is 2.26. The maximum Gasteiger partial charge on any atom is 0.245 e. The molecule has 0 saturated carbocycles. The monoisotopic (exact) mass is 510 g/mol. The Morgan fingerprint density at radius 3 is 2.69 bits per heavy atom. The molecule has 0 aliphatic heterocycles. The van der Waals surface area contributed by atoms with Gasteiger partial charge >= 0.3 is 0 Å². The summed E-state index contributed by atoms with van der Waals surface area (Å²) in [6.07, 6.45) is 3.98. The summed E-state index contributed by atoms with van der Waals surface area (Å²) in [5.41, 5.74) is 2.96. The average Bonchev–Trinajstić information content (AvgIpc) is 3.45. The zero-order valence-electron chi connectivity index (χ0n) is 19.0. The average molecular weight is 511 g/mol. The highest BCUT2D eigenvalue weighted by molar-refractivity contribution is 7.89. The van der Waals surface area contributed by atoms with E-state index in [1.807, 2.05) is 28.1 Å². The minimum Gasteiger partial charge on any atom is -0.383 e. The summed E-state index contributed by atoms with van der Waals surface area (Å²) in [5.74, 6) is -0.297. The molecule has 5 aromatic rings. The van der Waals surface area contributed by atoms with Gasteiger partial charge in [-0.3, -0.25) is 9.38 Å². The van der Waals surface area contributed by atoms with Gasteiger partial charge in [0.25, 0.3) is 0 Å². The molecule has 0 spiro atoms. The molecule has 0 aliphatic carbocycles. The van der Waals surface area contributed by atoms with Crippen molar-refractivity contribution >= 4 is 37.2 Å². The molecule has 10 heteroatoms. The fourth-order valence-corrected chi connectivity index (χ4v) is 6.47. The lowest BCUT2D eigenvalue weighted by Crippen LogP contribution is -2.36. The summed E-state index contributed by atoms with van der Waals surface area (Å²) in [7, 11) is -2.26. The predicted molar refractivity (Wildman–Crippen MR) is 135 cm³/mol. The van der Waals surface area contributed by atoms with E-state index >= 15 is 0 Å². The van der Waals surface area contributed by atoms with E-state index in [1.54, 1.807) is 43.6 Å². The lowest BCUT2D eigenvalue weighted by Gasteiger charge is -2.22. The van der Waals surface area contributed by atoms with E-state index in [0.717, 1.165) is 27.3 Å². The highest BCUT2D eigenvalue weighted by atomic mass is 32.2. The molecular weight excluding hydrogens is 487 g/mol. The fourth-order valence-electron chi connectivity index (χ4n) is 3.98. The van der Waals surface area contributed by atoms with Gasteiger partial charge in [0, 0.05) is 61.0 Å². The van der Waals surface area contributed by atoms with Crippen molar-refractivity contribution in [3.8, 4) is 11.3 Å². The Balaban J connectivity index is 1.43. The third kappa shape index (κ3) is 4.70. The van der Waals surface area contributed by atoms with E-state index in [1.165, 1.54) is 27.8 Å². The van der Waals surface area contributed by atoms with E-state index in [9.17, 15) is 12.8 Å². The van der Waals surface area contributed by atoms with Crippen LogP contribution in [-0.4, -0.2) is 53.9 Å². The van der Waals surface area contributed by atoms with Crippen molar-refractivity contribution in [3.05, 3.63) is 83.9 Å². The van der Waals surface area contributed by atoms with Crippen LogP contribution in [0.4, 0.5) is 4.39 Å². The van der Waals surface area contributed by atoms with Crippen LogP contribution < -0.4 is 0 Å². The second kappa shape index (κ2) is 9.82. The molecule has 35 heavy (non-hydrogen) atoms. The predicted octanol–water partition coefficient (Wildman–Crippen LogP) is 4.63. The molecule has 0 saturated heterocycles. The van der Waals surface area contributed by atoms with E-state index in [4.69, 9.17) is 4.74 Å². The smallest absolute Gasteiger partial charge is 0.245 e. The standard InChI is InChI=1S/C25H23FN4O3S2/c1-33-15-14-29(35(31,32)23-6-2-4-19-5-3-12-27-24(19)23)13-11-21-17-34-25-28-22(16-30(21)25)18-7-9-20(26)10-8-18/h2-10,12,16-17H,11,13-15H2,1H3. The minimum atomic E-state index is -3.81. The van der Waals surface area contributed by atoms with Crippen molar-refractivity contribution in [1.29, 1.82) is 0 Å². The van der Waals surface area contributed by atoms with Gasteiger partial charge in [-0.25, -0.2) is 17.8 Å². The Morgan fingerprint density at radius 1 is 1.09 bits per heavy atom. The first-order chi connectivity index (χ1) is 17.0. The first kappa shape index (κ1) is 23.6. The van der Waals surface area contributed by atoms with Crippen molar-refractivity contribution in [1.82, 2.24) is 18.7 Å². The largest absolute Gasteiger partial charge is 0.383 e. The first-order valence-corrected chi connectivity index (χ1v) is 13.3. The maximum atomic E-state index is 13.7. The van der Waals surface area contributed by atoms with Crippen molar-refractivity contribution in [2.45, 2.75) is 11.3 Å². The van der Waals surface area contributed by atoms with E-state index in [0.29, 0.717) is 11.9 Å². The van der Waals surface area contributed by atoms with E-state index in [2.05, 4.69) is 9.97 Å². The second-order valence-corrected chi connectivity index (χ2v) is 10.7. The quantitative estimate of drug-likeness (QED) is 0.289. The van der Waals surface area contributed by atoms with Gasteiger partial charge in [0.1, 0.15) is 10.7 Å². The van der Waals surface area contributed by atoms with Crippen LogP contribution in [0, 0.1) is 5.82 Å². The van der Waals surface area contributed by atoms with Crippen LogP contribution in [0.1, 0.15) is 5.69 Å². The third-order valence-electron chi connectivity index (χ3n) is 5.80. The number of sulfonamides is 1. The van der Waals surface area contributed by atoms with Crippen LogP contribution in [0.15, 0.2) is 77.3 Å². The Labute approximate surface area is 206 Å². The normalized spacial score (nSPS) is 12.2. The molecule has 7 nitrogen and oxygen atoms in total. The minimum absolute atomic E-state index is 0.184. The van der Waals surface area contributed by atoms with Gasteiger partial charge in [-0.1, -0.05) is 18.2 Å². The molecule has 180 valence electrons. The number of methoxy groups -OCH3 is 1. The molecule has 0 atom stereocenters. The molecule has 0 bridgehead atoms. The Bertz CT molecular complexity index is 1570. The fraction of sp³-hybridized carbons (Fsp3) is 0.200. The van der Waals surface area contributed by atoms with Gasteiger partial charge in [0.15, 0.2) is 4.96 Å². The summed E-state index contributed by atoms with van der Waals surface area (Å²) in [4.78, 5) is 9.95. The summed E-state index contributed by atoms with van der Waals surface area (Å²) in [6, 6.07) is 15.0. The molecule has 3 aromatic heterocycles. The number of halogens is 1. The third-order valence-corrected chi connectivity index (χ3v) is 8.62. The summed E-state index contributed by atoms with van der Waals surface area (Å²) in [6.45, 7) is 0.765. The number of fused-ring (bicyclic) bond motifs is 2. The second-order valence-electron chi connectivity index (χ2n) is 7.99. The molecule has 0 unspecified atom stereocenters. The summed E-state index contributed by atoms with van der Waals surface area (Å²) < 4.78 is 49.2. The Morgan fingerprint density at radius 2 is 1.89 bits per heavy atom. The zero-order valence-corrected chi connectivity index (χ0v) is 20.6. The summed E-state index contributed by atoms with van der Waals surface area (Å²) in [5, 5.41) is 2.75. The van der Waals surface area contributed by atoms with Gasteiger partial charge < -0.3 is 4.74 Å². The van der Waals surface area contributed by atoms with Gasteiger partial charge in [-0.2, -0.15) is 4.31 Å². The molecular formula is C25H23FN4O3S2. The molecule has 5 rings (SSSR count). The van der Waals surface area contributed by atoms with E-state index < -0.39 is 10.0 Å². The van der Waals surface area contributed by atoms with Crippen LogP contribution in [0.3, 0.4) is 0 Å². The molecule has 0 aliphatic rings. The highest BCUT2D eigenvalue weighted by Gasteiger charge is 2.27.